The molecule has 0 radical (unpaired) electrons. The van der Waals surface area contributed by atoms with Crippen molar-refractivity contribution in [2.24, 2.45) is 0 Å². The monoisotopic (exact) mass is 313 g/mol. The number of aldehydes is 1. The van der Waals surface area contributed by atoms with E-state index in [-0.39, 0.29) is 0 Å². The molecule has 104 valence electrons. The average molecular weight is 314 g/mol. The van der Waals surface area contributed by atoms with Gasteiger partial charge in [-0.3, -0.25) is 4.79 Å². The SMILES string of the molecule is O=Cc1cc(Cc2nc(-c3ccccc3)cs2)ccc1Cl. The van der Waals surface area contributed by atoms with Gasteiger partial charge in [0.25, 0.3) is 0 Å². The maximum atomic E-state index is 10.9. The van der Waals surface area contributed by atoms with Gasteiger partial charge in [0.1, 0.15) is 0 Å². The lowest BCUT2D eigenvalue weighted by atomic mass is 10.1. The summed E-state index contributed by atoms with van der Waals surface area (Å²) in [4.78, 5) is 15.6. The lowest BCUT2D eigenvalue weighted by Crippen LogP contribution is -1.91. The molecule has 1 aromatic heterocycles. The molecule has 0 spiro atoms. The Morgan fingerprint density at radius 2 is 1.95 bits per heavy atom. The molecule has 0 saturated carbocycles. The van der Waals surface area contributed by atoms with Crippen molar-refractivity contribution in [3.05, 3.63) is 75.1 Å². The molecule has 21 heavy (non-hydrogen) atoms. The highest BCUT2D eigenvalue weighted by Gasteiger charge is 2.07. The van der Waals surface area contributed by atoms with Crippen LogP contribution in [0.5, 0.6) is 0 Å². The Kier molecular flexibility index (Phi) is 4.13. The highest BCUT2D eigenvalue weighted by atomic mass is 35.5. The number of carbonyl (C=O) groups is 1. The summed E-state index contributed by atoms with van der Waals surface area (Å²) >= 11 is 7.56. The van der Waals surface area contributed by atoms with Crippen molar-refractivity contribution in [2.75, 3.05) is 0 Å². The van der Waals surface area contributed by atoms with E-state index in [2.05, 4.69) is 10.4 Å². The third-order valence-electron chi connectivity index (χ3n) is 3.16. The fourth-order valence-corrected chi connectivity index (χ4v) is 3.10. The van der Waals surface area contributed by atoms with Gasteiger partial charge < -0.3 is 0 Å². The highest BCUT2D eigenvalue weighted by Crippen LogP contribution is 2.24. The normalized spacial score (nSPS) is 10.5. The molecule has 0 atom stereocenters. The average Bonchev–Trinajstić information content (AvgIpc) is 2.98. The number of nitrogens with zero attached hydrogens (tertiary/aromatic N) is 1. The van der Waals surface area contributed by atoms with Gasteiger partial charge in [0.05, 0.1) is 15.7 Å². The van der Waals surface area contributed by atoms with Gasteiger partial charge in [0.15, 0.2) is 6.29 Å². The van der Waals surface area contributed by atoms with E-state index in [0.29, 0.717) is 17.0 Å². The summed E-state index contributed by atoms with van der Waals surface area (Å²) in [7, 11) is 0. The molecule has 3 aromatic rings. The first-order valence-corrected chi connectivity index (χ1v) is 7.75. The van der Waals surface area contributed by atoms with Crippen molar-refractivity contribution >= 4 is 29.2 Å². The van der Waals surface area contributed by atoms with Crippen molar-refractivity contribution < 1.29 is 4.79 Å². The van der Waals surface area contributed by atoms with E-state index in [4.69, 9.17) is 11.6 Å². The predicted molar refractivity (Wildman–Crippen MR) is 87.2 cm³/mol. The Morgan fingerprint density at radius 1 is 1.14 bits per heavy atom. The summed E-state index contributed by atoms with van der Waals surface area (Å²) in [6, 6.07) is 15.6. The predicted octanol–water partition coefficient (Wildman–Crippen LogP) is 4.87. The van der Waals surface area contributed by atoms with Crippen LogP contribution < -0.4 is 0 Å². The Bertz CT molecular complexity index is 767. The highest BCUT2D eigenvalue weighted by molar-refractivity contribution is 7.10. The standard InChI is InChI=1S/C17H12ClNOS/c18-15-7-6-12(8-14(15)10-20)9-17-19-16(11-21-17)13-4-2-1-3-5-13/h1-8,10-11H,9H2. The van der Waals surface area contributed by atoms with Gasteiger partial charge in [-0.2, -0.15) is 0 Å². The third-order valence-corrected chi connectivity index (χ3v) is 4.36. The van der Waals surface area contributed by atoms with Crippen LogP contribution in [0.15, 0.2) is 53.9 Å². The molecular weight excluding hydrogens is 302 g/mol. The second kappa shape index (κ2) is 6.20. The van der Waals surface area contributed by atoms with Crippen LogP contribution in [-0.4, -0.2) is 11.3 Å². The van der Waals surface area contributed by atoms with Gasteiger partial charge in [-0.25, -0.2) is 4.98 Å². The minimum Gasteiger partial charge on any atom is -0.298 e. The Morgan fingerprint density at radius 3 is 2.71 bits per heavy atom. The number of thiazole rings is 1. The molecule has 4 heteroatoms. The van der Waals surface area contributed by atoms with Crippen LogP contribution in [0.3, 0.4) is 0 Å². The van der Waals surface area contributed by atoms with Gasteiger partial charge >= 0.3 is 0 Å². The Labute approximate surface area is 132 Å². The van der Waals surface area contributed by atoms with Crippen LogP contribution in [0, 0.1) is 0 Å². The second-order valence-corrected chi connectivity index (χ2v) is 5.99. The number of hydrogen-bond donors (Lipinski definition) is 0. The van der Waals surface area contributed by atoms with Crippen molar-refractivity contribution in [2.45, 2.75) is 6.42 Å². The van der Waals surface area contributed by atoms with Gasteiger partial charge in [-0.1, -0.05) is 48.0 Å². The van der Waals surface area contributed by atoms with E-state index in [0.717, 1.165) is 28.1 Å². The van der Waals surface area contributed by atoms with Gasteiger partial charge in [-0.05, 0) is 17.7 Å². The van der Waals surface area contributed by atoms with Crippen LogP contribution in [-0.2, 0) is 6.42 Å². The van der Waals surface area contributed by atoms with Crippen LogP contribution in [0.4, 0.5) is 0 Å². The van der Waals surface area contributed by atoms with Gasteiger partial charge in [0, 0.05) is 22.9 Å². The Hall–Kier alpha value is -1.97. The molecule has 0 unspecified atom stereocenters. The van der Waals surface area contributed by atoms with Crippen LogP contribution >= 0.6 is 22.9 Å². The topological polar surface area (TPSA) is 30.0 Å². The smallest absolute Gasteiger partial charge is 0.151 e. The minimum atomic E-state index is 0.484. The summed E-state index contributed by atoms with van der Waals surface area (Å²) in [5, 5.41) is 3.56. The molecule has 0 aliphatic heterocycles. The van der Waals surface area contributed by atoms with E-state index in [1.165, 1.54) is 0 Å². The maximum Gasteiger partial charge on any atom is 0.151 e. The number of aromatic nitrogens is 1. The molecule has 0 fully saturated rings. The van der Waals surface area contributed by atoms with Crippen LogP contribution in [0.2, 0.25) is 5.02 Å². The second-order valence-electron chi connectivity index (χ2n) is 4.64. The molecule has 2 aromatic carbocycles. The molecule has 0 saturated heterocycles. The summed E-state index contributed by atoms with van der Waals surface area (Å²) < 4.78 is 0. The summed E-state index contributed by atoms with van der Waals surface area (Å²) in [6.07, 6.45) is 1.48. The fraction of sp³-hybridized carbons (Fsp3) is 0.0588. The first-order chi connectivity index (χ1) is 10.3. The largest absolute Gasteiger partial charge is 0.298 e. The zero-order chi connectivity index (χ0) is 14.7. The van der Waals surface area contributed by atoms with E-state index in [9.17, 15) is 4.79 Å². The van der Waals surface area contributed by atoms with E-state index >= 15 is 0 Å². The van der Waals surface area contributed by atoms with Crippen LogP contribution in [0.25, 0.3) is 11.3 Å². The van der Waals surface area contributed by atoms with Gasteiger partial charge in [-0.15, -0.1) is 11.3 Å². The number of hydrogen-bond acceptors (Lipinski definition) is 3. The number of rotatable bonds is 4. The number of halogens is 1. The summed E-state index contributed by atoms with van der Waals surface area (Å²) in [6.45, 7) is 0. The van der Waals surface area contributed by atoms with Crippen molar-refractivity contribution in [3.63, 3.8) is 0 Å². The molecule has 0 amide bonds. The van der Waals surface area contributed by atoms with Gasteiger partial charge in [0.2, 0.25) is 0 Å². The summed E-state index contributed by atoms with van der Waals surface area (Å²) in [5.41, 5.74) is 3.66. The lowest BCUT2D eigenvalue weighted by Gasteiger charge is -2.01. The minimum absolute atomic E-state index is 0.484. The van der Waals surface area contributed by atoms with E-state index in [1.807, 2.05) is 42.5 Å². The molecule has 0 bridgehead atoms. The molecule has 1 heterocycles. The van der Waals surface area contributed by atoms with E-state index in [1.54, 1.807) is 17.4 Å². The number of benzene rings is 2. The van der Waals surface area contributed by atoms with Crippen molar-refractivity contribution in [3.8, 4) is 11.3 Å². The fourth-order valence-electron chi connectivity index (χ4n) is 2.10. The van der Waals surface area contributed by atoms with Crippen LogP contribution in [0.1, 0.15) is 20.9 Å². The van der Waals surface area contributed by atoms with Crippen molar-refractivity contribution in [1.82, 2.24) is 4.98 Å². The van der Waals surface area contributed by atoms with Crippen molar-refractivity contribution in [1.29, 1.82) is 0 Å². The number of carbonyl (C=O) groups excluding carboxylic acids is 1. The quantitative estimate of drug-likeness (QED) is 0.643. The molecule has 3 rings (SSSR count). The lowest BCUT2D eigenvalue weighted by molar-refractivity contribution is 0.112. The first kappa shape index (κ1) is 14.0. The van der Waals surface area contributed by atoms with E-state index < -0.39 is 0 Å². The molecule has 0 N–H and O–H groups in total. The Balaban J connectivity index is 1.83. The maximum absolute atomic E-state index is 10.9. The molecule has 2 nitrogen and oxygen atoms in total. The zero-order valence-electron chi connectivity index (χ0n) is 11.1. The zero-order valence-corrected chi connectivity index (χ0v) is 12.7. The third kappa shape index (κ3) is 3.20. The first-order valence-electron chi connectivity index (χ1n) is 6.49. The summed E-state index contributed by atoms with van der Waals surface area (Å²) in [5.74, 6) is 0. The molecule has 0 aliphatic rings. The molecule has 0 aliphatic carbocycles. The molecular formula is C17H12ClNOS.